The molecule has 0 saturated heterocycles. The van der Waals surface area contributed by atoms with Gasteiger partial charge in [-0.2, -0.15) is 0 Å². The summed E-state index contributed by atoms with van der Waals surface area (Å²) in [7, 11) is 4.06. The number of carbonyl (C=O) groups is 1. The van der Waals surface area contributed by atoms with Gasteiger partial charge in [0.15, 0.2) is 0 Å². The smallest absolute Gasteiger partial charge is 0.330 e. The van der Waals surface area contributed by atoms with E-state index >= 15 is 0 Å². The Hall–Kier alpha value is -0.0900. The van der Waals surface area contributed by atoms with Gasteiger partial charge in [-0.05, 0) is 24.7 Å². The van der Waals surface area contributed by atoms with Crippen LogP contribution in [0.15, 0.2) is 12.7 Å². The highest BCUT2D eigenvalue weighted by Crippen LogP contribution is 2.30. The molecule has 0 amide bonds. The van der Waals surface area contributed by atoms with E-state index in [4.69, 9.17) is 4.74 Å². The average Bonchev–Trinajstić information content (AvgIpc) is 2.51. The van der Waals surface area contributed by atoms with E-state index in [-0.39, 0.29) is 5.97 Å². The van der Waals surface area contributed by atoms with Crippen molar-refractivity contribution < 1.29 is 9.53 Å². The summed E-state index contributed by atoms with van der Waals surface area (Å²) in [5, 5.41) is 0. The molecule has 0 aromatic heterocycles. The highest BCUT2D eigenvalue weighted by molar-refractivity contribution is 8.76. The molecule has 0 heterocycles. The van der Waals surface area contributed by atoms with Crippen molar-refractivity contribution in [1.29, 1.82) is 0 Å². The van der Waals surface area contributed by atoms with E-state index in [1.807, 2.05) is 21.6 Å². The van der Waals surface area contributed by atoms with Crippen molar-refractivity contribution in [3.8, 4) is 0 Å². The zero-order valence-corrected chi connectivity index (χ0v) is 15.6. The molecule has 0 bridgehead atoms. The Bertz CT molecular complexity index is 270. The minimum atomic E-state index is -0.311. The first-order valence-corrected chi connectivity index (χ1v) is 10.7. The molecule has 124 valence electrons. The molecule has 0 radical (unpaired) electrons. The zero-order chi connectivity index (χ0) is 15.9. The molecule has 0 aliphatic carbocycles. The van der Waals surface area contributed by atoms with E-state index in [9.17, 15) is 4.79 Å². The van der Waals surface area contributed by atoms with Gasteiger partial charge in [0.1, 0.15) is 0 Å². The normalized spacial score (nSPS) is 13.7. The van der Waals surface area contributed by atoms with Crippen molar-refractivity contribution in [1.82, 2.24) is 0 Å². The third kappa shape index (κ3) is 12.2. The number of carbonyl (C=O) groups excluding carboxylic acids is 1. The van der Waals surface area contributed by atoms with Crippen LogP contribution in [0, 0.1) is 11.8 Å². The van der Waals surface area contributed by atoms with Crippen molar-refractivity contribution >= 4 is 27.6 Å². The first-order chi connectivity index (χ1) is 10.2. The summed E-state index contributed by atoms with van der Waals surface area (Å²) in [4.78, 5) is 10.8. The fourth-order valence-electron chi connectivity index (χ4n) is 2.06. The van der Waals surface area contributed by atoms with Crippen LogP contribution >= 0.6 is 21.6 Å². The molecule has 0 aliphatic heterocycles. The van der Waals surface area contributed by atoms with Crippen LogP contribution in [0.3, 0.4) is 0 Å². The van der Waals surface area contributed by atoms with Gasteiger partial charge in [-0.1, -0.05) is 74.6 Å². The third-order valence-electron chi connectivity index (χ3n) is 3.87. The van der Waals surface area contributed by atoms with Crippen molar-refractivity contribution in [3.05, 3.63) is 12.7 Å². The van der Waals surface area contributed by atoms with Crippen molar-refractivity contribution in [2.24, 2.45) is 11.8 Å². The summed E-state index contributed by atoms with van der Waals surface area (Å²) in [5.41, 5.74) is 0. The maximum atomic E-state index is 10.8. The summed E-state index contributed by atoms with van der Waals surface area (Å²) in [6.07, 6.45) is 8.39. The van der Waals surface area contributed by atoms with Gasteiger partial charge >= 0.3 is 5.97 Å². The molecule has 21 heavy (non-hydrogen) atoms. The molecule has 0 fully saturated rings. The first kappa shape index (κ1) is 20.9. The molecule has 0 spiro atoms. The van der Waals surface area contributed by atoms with Crippen LogP contribution in [0.4, 0.5) is 0 Å². The quantitative estimate of drug-likeness (QED) is 0.176. The van der Waals surface area contributed by atoms with E-state index in [0.29, 0.717) is 6.61 Å². The highest BCUT2D eigenvalue weighted by Gasteiger charge is 2.13. The van der Waals surface area contributed by atoms with Gasteiger partial charge < -0.3 is 4.74 Å². The van der Waals surface area contributed by atoms with E-state index in [2.05, 4.69) is 27.4 Å². The SMILES string of the molecule is C=CC(=O)OCCCCCCSSCC(CC)C(C)CC. The molecule has 2 atom stereocenters. The number of ether oxygens (including phenoxy) is 1. The first-order valence-electron chi connectivity index (χ1n) is 8.19. The predicted molar refractivity (Wildman–Crippen MR) is 97.8 cm³/mol. The molecular weight excluding hydrogens is 300 g/mol. The Morgan fingerprint density at radius 2 is 1.86 bits per heavy atom. The van der Waals surface area contributed by atoms with Crippen LogP contribution in [0.5, 0.6) is 0 Å². The predicted octanol–water partition coefficient (Wildman–Crippen LogP) is 5.73. The fourth-order valence-corrected chi connectivity index (χ4v) is 4.86. The second-order valence-corrected chi connectivity index (χ2v) is 8.07. The molecular formula is C17H32O2S2. The fraction of sp³-hybridized carbons (Fsp3) is 0.824. The number of unbranched alkanes of at least 4 members (excludes halogenated alkanes) is 3. The lowest BCUT2D eigenvalue weighted by Crippen LogP contribution is -2.12. The van der Waals surface area contributed by atoms with E-state index in [1.54, 1.807) is 0 Å². The molecule has 0 aliphatic rings. The van der Waals surface area contributed by atoms with Gasteiger partial charge in [0.25, 0.3) is 0 Å². The topological polar surface area (TPSA) is 26.3 Å². The largest absolute Gasteiger partial charge is 0.463 e. The Labute approximate surface area is 139 Å². The Morgan fingerprint density at radius 3 is 2.48 bits per heavy atom. The van der Waals surface area contributed by atoms with Crippen LogP contribution in [-0.4, -0.2) is 24.1 Å². The van der Waals surface area contributed by atoms with E-state index in [1.165, 1.54) is 43.3 Å². The molecule has 0 saturated carbocycles. The second-order valence-electron chi connectivity index (χ2n) is 5.45. The minimum absolute atomic E-state index is 0.311. The second kappa shape index (κ2) is 14.8. The summed E-state index contributed by atoms with van der Waals surface area (Å²) >= 11 is 0. The van der Waals surface area contributed by atoms with Gasteiger partial charge in [0, 0.05) is 17.6 Å². The standard InChI is InChI=1S/C17H32O2S2/c1-5-15(4)16(6-2)14-21-20-13-11-9-8-10-12-19-17(18)7-3/h7,15-16H,3,5-6,8-14H2,1-2,4H3. The maximum Gasteiger partial charge on any atom is 0.330 e. The van der Waals surface area contributed by atoms with Gasteiger partial charge in [-0.15, -0.1) is 0 Å². The zero-order valence-electron chi connectivity index (χ0n) is 13.9. The molecule has 0 aromatic rings. The molecule has 0 aromatic carbocycles. The van der Waals surface area contributed by atoms with Crippen molar-refractivity contribution in [3.63, 3.8) is 0 Å². The lowest BCUT2D eigenvalue weighted by molar-refractivity contribution is -0.137. The lowest BCUT2D eigenvalue weighted by Gasteiger charge is -2.20. The lowest BCUT2D eigenvalue weighted by atomic mass is 9.91. The van der Waals surface area contributed by atoms with Crippen LogP contribution in [0.1, 0.15) is 59.3 Å². The summed E-state index contributed by atoms with van der Waals surface area (Å²) in [6.45, 7) is 10.9. The number of esters is 1. The molecule has 4 heteroatoms. The van der Waals surface area contributed by atoms with Crippen LogP contribution in [0.25, 0.3) is 0 Å². The third-order valence-corrected chi connectivity index (χ3v) is 6.47. The number of rotatable bonds is 14. The molecule has 2 nitrogen and oxygen atoms in total. The van der Waals surface area contributed by atoms with E-state index < -0.39 is 0 Å². The Kier molecular flexibility index (Phi) is 14.8. The van der Waals surface area contributed by atoms with Crippen LogP contribution in [0.2, 0.25) is 0 Å². The molecule has 0 rings (SSSR count). The van der Waals surface area contributed by atoms with Crippen molar-refractivity contribution in [2.75, 3.05) is 18.1 Å². The van der Waals surface area contributed by atoms with Gasteiger partial charge in [0.05, 0.1) is 6.61 Å². The van der Waals surface area contributed by atoms with Crippen LogP contribution < -0.4 is 0 Å². The van der Waals surface area contributed by atoms with E-state index in [0.717, 1.165) is 24.7 Å². The number of hydrogen-bond acceptors (Lipinski definition) is 4. The Balaban J connectivity index is 3.32. The molecule has 0 N–H and O–H groups in total. The average molecular weight is 333 g/mol. The summed E-state index contributed by atoms with van der Waals surface area (Å²) in [6, 6.07) is 0. The minimum Gasteiger partial charge on any atom is -0.463 e. The van der Waals surface area contributed by atoms with Crippen molar-refractivity contribution in [2.45, 2.75) is 59.3 Å². The highest BCUT2D eigenvalue weighted by atomic mass is 33.1. The summed E-state index contributed by atoms with van der Waals surface area (Å²) < 4.78 is 4.94. The van der Waals surface area contributed by atoms with Gasteiger partial charge in [-0.25, -0.2) is 4.79 Å². The summed E-state index contributed by atoms with van der Waals surface area (Å²) in [5.74, 6) is 3.92. The van der Waals surface area contributed by atoms with Gasteiger partial charge in [-0.3, -0.25) is 0 Å². The maximum absolute atomic E-state index is 10.8. The van der Waals surface area contributed by atoms with Crippen LogP contribution in [-0.2, 0) is 9.53 Å². The number of hydrogen-bond donors (Lipinski definition) is 0. The monoisotopic (exact) mass is 332 g/mol. The van der Waals surface area contributed by atoms with Gasteiger partial charge in [0.2, 0.25) is 0 Å². The Morgan fingerprint density at radius 1 is 1.14 bits per heavy atom. The molecule has 2 unspecified atom stereocenters.